The lowest BCUT2D eigenvalue weighted by atomic mass is 10.1. The molecule has 0 aliphatic carbocycles. The molecule has 0 aliphatic rings. The fourth-order valence-corrected chi connectivity index (χ4v) is 2.36. The van der Waals surface area contributed by atoms with Crippen LogP contribution in [0, 0.1) is 0 Å². The molecule has 0 saturated heterocycles. The Hall–Kier alpha value is -3.42. The molecule has 0 saturated carbocycles. The lowest BCUT2D eigenvalue weighted by molar-refractivity contribution is -0.274. The maximum atomic E-state index is 12.1. The highest BCUT2D eigenvalue weighted by atomic mass is 19.4. The van der Waals surface area contributed by atoms with Gasteiger partial charge in [0.1, 0.15) is 5.75 Å². The molecule has 3 rings (SSSR count). The van der Waals surface area contributed by atoms with Gasteiger partial charge in [0.2, 0.25) is 0 Å². The number of hydrogen-bond acceptors (Lipinski definition) is 3. The number of halogens is 3. The first-order chi connectivity index (χ1) is 12.4. The number of hydrazine groups is 1. The number of fused-ring (bicyclic) bond motifs is 1. The highest BCUT2D eigenvalue weighted by Crippen LogP contribution is 2.24. The van der Waals surface area contributed by atoms with Crippen LogP contribution in [-0.4, -0.2) is 12.4 Å². The normalized spacial score (nSPS) is 11.0. The van der Waals surface area contributed by atoms with Gasteiger partial charge in [-0.1, -0.05) is 36.4 Å². The minimum Gasteiger partial charge on any atom is -0.406 e. The molecule has 134 valence electrons. The van der Waals surface area contributed by atoms with E-state index in [1.807, 2.05) is 36.4 Å². The Morgan fingerprint density at radius 1 is 0.885 bits per heavy atom. The summed E-state index contributed by atoms with van der Waals surface area (Å²) in [6, 6.07) is 17.6. The molecule has 3 aromatic rings. The van der Waals surface area contributed by atoms with Gasteiger partial charge in [0.05, 0.1) is 11.4 Å². The average molecular weight is 361 g/mol. The lowest BCUT2D eigenvalue weighted by Crippen LogP contribution is -2.33. The van der Waals surface area contributed by atoms with Crippen molar-refractivity contribution in [1.82, 2.24) is 5.43 Å². The van der Waals surface area contributed by atoms with Crippen LogP contribution in [0.15, 0.2) is 66.7 Å². The van der Waals surface area contributed by atoms with E-state index in [0.717, 1.165) is 22.9 Å². The van der Waals surface area contributed by atoms with Crippen LogP contribution in [0.3, 0.4) is 0 Å². The van der Waals surface area contributed by atoms with Gasteiger partial charge in [-0.25, -0.2) is 4.79 Å². The van der Waals surface area contributed by atoms with E-state index in [-0.39, 0.29) is 5.75 Å². The molecule has 0 atom stereocenters. The van der Waals surface area contributed by atoms with Crippen molar-refractivity contribution in [2.45, 2.75) is 6.36 Å². The minimum absolute atomic E-state index is 0.344. The second-order valence-electron chi connectivity index (χ2n) is 5.30. The Kier molecular flexibility index (Phi) is 4.83. The minimum atomic E-state index is -4.74. The van der Waals surface area contributed by atoms with Gasteiger partial charge >= 0.3 is 12.4 Å². The highest BCUT2D eigenvalue weighted by molar-refractivity contribution is 6.01. The van der Waals surface area contributed by atoms with Crippen LogP contribution in [0.25, 0.3) is 10.8 Å². The largest absolute Gasteiger partial charge is 0.573 e. The number of ether oxygens (including phenoxy) is 1. The SMILES string of the molecule is O=C(NNc1ccc(OC(F)(F)F)cc1)Nc1cccc2ccccc12. The summed E-state index contributed by atoms with van der Waals surface area (Å²) in [5.41, 5.74) is 6.05. The van der Waals surface area contributed by atoms with E-state index >= 15 is 0 Å². The molecular formula is C18H14F3N3O2. The molecule has 0 spiro atoms. The molecule has 0 fully saturated rings. The summed E-state index contributed by atoms with van der Waals surface area (Å²) in [6.07, 6.45) is -4.74. The van der Waals surface area contributed by atoms with E-state index in [0.29, 0.717) is 11.4 Å². The van der Waals surface area contributed by atoms with E-state index in [2.05, 4.69) is 20.9 Å². The molecule has 0 radical (unpaired) electrons. The van der Waals surface area contributed by atoms with Gasteiger partial charge in [-0.3, -0.25) is 10.9 Å². The molecule has 0 unspecified atom stereocenters. The van der Waals surface area contributed by atoms with Gasteiger partial charge in [-0.2, -0.15) is 0 Å². The Morgan fingerprint density at radius 2 is 1.58 bits per heavy atom. The third kappa shape index (κ3) is 4.56. The third-order valence-corrected chi connectivity index (χ3v) is 3.45. The topological polar surface area (TPSA) is 62.4 Å². The Balaban J connectivity index is 1.59. The van der Waals surface area contributed by atoms with Crippen molar-refractivity contribution in [3.05, 3.63) is 66.7 Å². The number of benzene rings is 3. The molecule has 0 heterocycles. The van der Waals surface area contributed by atoms with Crippen LogP contribution in [0.1, 0.15) is 0 Å². The maximum Gasteiger partial charge on any atom is 0.573 e. The van der Waals surface area contributed by atoms with Crippen molar-refractivity contribution in [2.24, 2.45) is 0 Å². The van der Waals surface area contributed by atoms with Crippen LogP contribution in [0.2, 0.25) is 0 Å². The molecular weight excluding hydrogens is 347 g/mol. The van der Waals surface area contributed by atoms with Crippen molar-refractivity contribution in [3.8, 4) is 5.75 Å². The predicted molar refractivity (Wildman–Crippen MR) is 92.9 cm³/mol. The molecule has 0 aromatic heterocycles. The second-order valence-corrected chi connectivity index (χ2v) is 5.30. The summed E-state index contributed by atoms with van der Waals surface area (Å²) < 4.78 is 40.1. The average Bonchev–Trinajstić information content (AvgIpc) is 2.60. The van der Waals surface area contributed by atoms with Crippen LogP contribution >= 0.6 is 0 Å². The summed E-state index contributed by atoms with van der Waals surface area (Å²) in [4.78, 5) is 12.0. The molecule has 5 nitrogen and oxygen atoms in total. The molecule has 0 bridgehead atoms. The maximum absolute atomic E-state index is 12.1. The molecule has 2 amide bonds. The zero-order valence-corrected chi connectivity index (χ0v) is 13.3. The number of nitrogens with one attached hydrogen (secondary N) is 3. The molecule has 3 N–H and O–H groups in total. The Morgan fingerprint density at radius 3 is 2.31 bits per heavy atom. The van der Waals surface area contributed by atoms with E-state index in [9.17, 15) is 18.0 Å². The standard InChI is InChI=1S/C18H14F3N3O2/c19-18(20,21)26-14-10-8-13(9-11-14)23-24-17(25)22-16-7-3-5-12-4-1-2-6-15(12)16/h1-11,23H,(H2,22,24,25). The third-order valence-electron chi connectivity index (χ3n) is 3.45. The summed E-state index contributed by atoms with van der Waals surface area (Å²) in [6.45, 7) is 0. The molecule has 3 aromatic carbocycles. The number of carbonyl (C=O) groups is 1. The monoisotopic (exact) mass is 361 g/mol. The van der Waals surface area contributed by atoms with Gasteiger partial charge in [0, 0.05) is 5.39 Å². The number of carbonyl (C=O) groups excluding carboxylic acids is 1. The van der Waals surface area contributed by atoms with E-state index in [1.54, 1.807) is 6.07 Å². The number of rotatable bonds is 4. The van der Waals surface area contributed by atoms with E-state index < -0.39 is 12.4 Å². The first-order valence-corrected chi connectivity index (χ1v) is 7.57. The summed E-state index contributed by atoms with van der Waals surface area (Å²) >= 11 is 0. The molecule has 0 aliphatic heterocycles. The second kappa shape index (κ2) is 7.22. The quantitative estimate of drug-likeness (QED) is 0.580. The summed E-state index contributed by atoms with van der Waals surface area (Å²) in [7, 11) is 0. The van der Waals surface area contributed by atoms with Crippen LogP contribution < -0.4 is 20.9 Å². The van der Waals surface area contributed by atoms with E-state index in [4.69, 9.17) is 0 Å². The van der Waals surface area contributed by atoms with Crippen molar-refractivity contribution < 1.29 is 22.7 Å². The van der Waals surface area contributed by atoms with Crippen LogP contribution in [-0.2, 0) is 0 Å². The smallest absolute Gasteiger partial charge is 0.406 e. The first kappa shape index (κ1) is 17.4. The highest BCUT2D eigenvalue weighted by Gasteiger charge is 2.30. The van der Waals surface area contributed by atoms with Gasteiger partial charge in [0.25, 0.3) is 0 Å². The fraction of sp³-hybridized carbons (Fsp3) is 0.0556. The van der Waals surface area contributed by atoms with Crippen molar-refractivity contribution in [2.75, 3.05) is 10.7 Å². The summed E-state index contributed by atoms with van der Waals surface area (Å²) in [5, 5.41) is 4.58. The van der Waals surface area contributed by atoms with Crippen molar-refractivity contribution in [3.63, 3.8) is 0 Å². The Bertz CT molecular complexity index is 906. The number of alkyl halides is 3. The predicted octanol–water partition coefficient (Wildman–Crippen LogP) is 4.89. The fourth-order valence-electron chi connectivity index (χ4n) is 2.36. The number of urea groups is 1. The van der Waals surface area contributed by atoms with Crippen molar-refractivity contribution >= 4 is 28.2 Å². The molecule has 26 heavy (non-hydrogen) atoms. The van der Waals surface area contributed by atoms with Crippen LogP contribution in [0.5, 0.6) is 5.75 Å². The first-order valence-electron chi connectivity index (χ1n) is 7.57. The van der Waals surface area contributed by atoms with E-state index in [1.165, 1.54) is 12.1 Å². The lowest BCUT2D eigenvalue weighted by Gasteiger charge is -2.12. The van der Waals surface area contributed by atoms with Gasteiger partial charge in [-0.05, 0) is 35.7 Å². The van der Waals surface area contributed by atoms with Gasteiger partial charge in [-0.15, -0.1) is 13.2 Å². The number of hydrogen-bond donors (Lipinski definition) is 3. The van der Waals surface area contributed by atoms with Gasteiger partial charge < -0.3 is 10.1 Å². The molecule has 8 heteroatoms. The zero-order chi connectivity index (χ0) is 18.6. The van der Waals surface area contributed by atoms with Crippen LogP contribution in [0.4, 0.5) is 29.3 Å². The summed E-state index contributed by atoms with van der Waals surface area (Å²) in [5.74, 6) is -0.344. The zero-order valence-electron chi connectivity index (χ0n) is 13.3. The Labute approximate surface area is 146 Å². The number of anilines is 2. The van der Waals surface area contributed by atoms with Gasteiger partial charge in [0.15, 0.2) is 0 Å². The van der Waals surface area contributed by atoms with Crippen molar-refractivity contribution in [1.29, 1.82) is 0 Å². The number of amides is 2.